The molecule has 0 unspecified atom stereocenters. The lowest BCUT2D eigenvalue weighted by atomic mass is 9.85. The van der Waals surface area contributed by atoms with Gasteiger partial charge in [-0.1, -0.05) is 13.0 Å². The maximum atomic E-state index is 11.9. The molecule has 0 saturated heterocycles. The summed E-state index contributed by atoms with van der Waals surface area (Å²) in [6.07, 6.45) is 1.58. The first-order valence-corrected chi connectivity index (χ1v) is 8.32. The van der Waals surface area contributed by atoms with Crippen LogP contribution in [0.15, 0.2) is 12.1 Å². The summed E-state index contributed by atoms with van der Waals surface area (Å²) in [5.41, 5.74) is 2.93. The van der Waals surface area contributed by atoms with Crippen molar-refractivity contribution in [2.45, 2.75) is 52.2 Å². The first-order valence-electron chi connectivity index (χ1n) is 8.32. The highest BCUT2D eigenvalue weighted by Crippen LogP contribution is 2.25. The van der Waals surface area contributed by atoms with Crippen molar-refractivity contribution in [2.75, 3.05) is 13.1 Å². The van der Waals surface area contributed by atoms with Crippen LogP contribution in [0.5, 0.6) is 0 Å². The lowest BCUT2D eigenvalue weighted by Crippen LogP contribution is -2.56. The van der Waals surface area contributed by atoms with Crippen LogP contribution in [0.2, 0.25) is 0 Å². The summed E-state index contributed by atoms with van der Waals surface area (Å²) in [5, 5.41) is 14.6. The Bertz CT molecular complexity index is 599. The molecule has 7 nitrogen and oxygen atoms in total. The van der Waals surface area contributed by atoms with E-state index >= 15 is 0 Å². The Morgan fingerprint density at radius 1 is 1.33 bits per heavy atom. The Morgan fingerprint density at radius 2 is 2.04 bits per heavy atom. The van der Waals surface area contributed by atoms with E-state index in [4.69, 9.17) is 5.11 Å². The predicted molar refractivity (Wildman–Crippen MR) is 90.8 cm³/mol. The average molecular weight is 334 g/mol. The van der Waals surface area contributed by atoms with Gasteiger partial charge in [-0.3, -0.25) is 14.7 Å². The summed E-state index contributed by atoms with van der Waals surface area (Å²) in [5.74, 6) is -0.813. The molecule has 1 saturated carbocycles. The molecule has 0 aliphatic heterocycles. The second-order valence-corrected chi connectivity index (χ2v) is 6.31. The van der Waals surface area contributed by atoms with E-state index in [1.807, 2.05) is 37.8 Å². The smallest absolute Gasteiger partial charge is 0.317 e. The molecule has 1 aromatic heterocycles. The van der Waals surface area contributed by atoms with E-state index in [1.54, 1.807) is 0 Å². The zero-order valence-electron chi connectivity index (χ0n) is 14.5. The van der Waals surface area contributed by atoms with E-state index in [0.717, 1.165) is 29.8 Å². The van der Waals surface area contributed by atoms with Crippen LogP contribution in [-0.4, -0.2) is 52.2 Å². The van der Waals surface area contributed by atoms with Gasteiger partial charge in [0.1, 0.15) is 0 Å². The number of nitrogens with zero attached hydrogens (tertiary/aromatic N) is 2. The number of aryl methyl sites for hydroxylation is 2. The van der Waals surface area contributed by atoms with Crippen LogP contribution in [0, 0.1) is 13.8 Å². The number of aliphatic carboxylic acids is 1. The van der Waals surface area contributed by atoms with Crippen molar-refractivity contribution in [1.29, 1.82) is 0 Å². The Labute approximate surface area is 142 Å². The van der Waals surface area contributed by atoms with Gasteiger partial charge in [0.2, 0.25) is 0 Å². The van der Waals surface area contributed by atoms with E-state index < -0.39 is 5.97 Å². The molecule has 0 spiro atoms. The molecule has 1 aliphatic carbocycles. The summed E-state index contributed by atoms with van der Waals surface area (Å²) in [4.78, 5) is 29.1. The van der Waals surface area contributed by atoms with Gasteiger partial charge in [0.15, 0.2) is 0 Å². The second kappa shape index (κ2) is 8.10. The Balaban J connectivity index is 1.70. The molecule has 1 aromatic rings. The molecular formula is C17H26N4O3. The largest absolute Gasteiger partial charge is 0.480 e. The first kappa shape index (κ1) is 18.2. The van der Waals surface area contributed by atoms with E-state index in [1.165, 1.54) is 0 Å². The molecule has 3 N–H and O–H groups in total. The number of aromatic nitrogens is 1. The summed E-state index contributed by atoms with van der Waals surface area (Å²) >= 11 is 0. The fourth-order valence-corrected chi connectivity index (χ4v) is 2.87. The highest BCUT2D eigenvalue weighted by molar-refractivity contribution is 5.74. The quantitative estimate of drug-likeness (QED) is 0.701. The number of nitrogens with one attached hydrogen (secondary N) is 2. The van der Waals surface area contributed by atoms with Gasteiger partial charge in [0, 0.05) is 17.8 Å². The van der Waals surface area contributed by atoms with Crippen LogP contribution < -0.4 is 10.6 Å². The third-order valence-electron chi connectivity index (χ3n) is 4.55. The molecule has 1 heterocycles. The van der Waals surface area contributed by atoms with E-state index in [-0.39, 0.29) is 24.7 Å². The van der Waals surface area contributed by atoms with Crippen molar-refractivity contribution < 1.29 is 14.7 Å². The number of urea groups is 1. The van der Waals surface area contributed by atoms with Gasteiger partial charge in [0.25, 0.3) is 0 Å². The number of pyridine rings is 1. The number of carboxylic acids is 1. The highest BCUT2D eigenvalue weighted by atomic mass is 16.4. The van der Waals surface area contributed by atoms with Gasteiger partial charge in [-0.2, -0.15) is 0 Å². The van der Waals surface area contributed by atoms with Crippen molar-refractivity contribution in [3.8, 4) is 0 Å². The van der Waals surface area contributed by atoms with Crippen LogP contribution in [0.25, 0.3) is 0 Å². The van der Waals surface area contributed by atoms with Crippen molar-refractivity contribution in [3.05, 3.63) is 29.1 Å². The second-order valence-electron chi connectivity index (χ2n) is 6.31. The number of carboxylic acid groups (broad SMARTS) is 1. The summed E-state index contributed by atoms with van der Waals surface area (Å²) in [7, 11) is 0. The monoisotopic (exact) mass is 334 g/mol. The number of carbonyl (C=O) groups excluding carboxylic acids is 1. The first-order chi connectivity index (χ1) is 11.4. The maximum Gasteiger partial charge on any atom is 0.317 e. The predicted octanol–water partition coefficient (Wildman–Crippen LogP) is 1.44. The van der Waals surface area contributed by atoms with Crippen LogP contribution in [0.4, 0.5) is 4.79 Å². The molecule has 24 heavy (non-hydrogen) atoms. The number of likely N-dealkylation sites (N-methyl/N-ethyl adjacent to an activating group) is 1. The minimum absolute atomic E-state index is 0.0541. The Morgan fingerprint density at radius 3 is 2.62 bits per heavy atom. The molecule has 0 bridgehead atoms. The molecule has 7 heteroatoms. The summed E-state index contributed by atoms with van der Waals surface area (Å²) in [6.45, 7) is 7.05. The Hall–Kier alpha value is -2.15. The molecule has 0 radical (unpaired) electrons. The van der Waals surface area contributed by atoms with Crippen molar-refractivity contribution in [2.24, 2.45) is 0 Å². The molecule has 0 atom stereocenters. The summed E-state index contributed by atoms with van der Waals surface area (Å²) < 4.78 is 0. The number of rotatable bonds is 7. The standard InChI is InChI=1S/C17H26N4O3/c1-4-21(10-16(22)23)15-7-14(8-15)20-17(24)18-9-13-6-5-11(2)12(3)19-13/h5-6,14-15H,4,7-10H2,1-3H3,(H,22,23)(H2,18,20,24). The van der Waals surface area contributed by atoms with E-state index in [2.05, 4.69) is 15.6 Å². The van der Waals surface area contributed by atoms with Crippen LogP contribution >= 0.6 is 0 Å². The van der Waals surface area contributed by atoms with E-state index in [9.17, 15) is 9.59 Å². The average Bonchev–Trinajstić information content (AvgIpc) is 2.49. The number of amides is 2. The normalized spacial score (nSPS) is 19.7. The minimum Gasteiger partial charge on any atom is -0.480 e. The lowest BCUT2D eigenvalue weighted by Gasteiger charge is -2.42. The van der Waals surface area contributed by atoms with Gasteiger partial charge < -0.3 is 15.7 Å². The molecular weight excluding hydrogens is 308 g/mol. The maximum absolute atomic E-state index is 11.9. The number of carbonyl (C=O) groups is 2. The topological polar surface area (TPSA) is 94.6 Å². The van der Waals surface area contributed by atoms with Crippen molar-refractivity contribution in [3.63, 3.8) is 0 Å². The zero-order chi connectivity index (χ0) is 17.7. The van der Waals surface area contributed by atoms with Gasteiger partial charge in [-0.15, -0.1) is 0 Å². The van der Waals surface area contributed by atoms with Crippen molar-refractivity contribution >= 4 is 12.0 Å². The van der Waals surface area contributed by atoms with Gasteiger partial charge in [-0.05, 0) is 44.9 Å². The zero-order valence-corrected chi connectivity index (χ0v) is 14.5. The molecule has 2 amide bonds. The SMILES string of the molecule is CCN(CC(=O)O)C1CC(NC(=O)NCc2ccc(C)c(C)n2)C1. The molecule has 1 aliphatic rings. The fraction of sp³-hybridized carbons (Fsp3) is 0.588. The minimum atomic E-state index is -0.813. The molecule has 1 fully saturated rings. The fourth-order valence-electron chi connectivity index (χ4n) is 2.87. The van der Waals surface area contributed by atoms with Crippen LogP contribution in [0.3, 0.4) is 0 Å². The number of hydrogen-bond donors (Lipinski definition) is 3. The van der Waals surface area contributed by atoms with Crippen LogP contribution in [-0.2, 0) is 11.3 Å². The Kier molecular flexibility index (Phi) is 6.14. The molecule has 132 valence electrons. The lowest BCUT2D eigenvalue weighted by molar-refractivity contribution is -0.139. The van der Waals surface area contributed by atoms with Crippen LogP contribution in [0.1, 0.15) is 36.7 Å². The summed E-state index contributed by atoms with van der Waals surface area (Å²) in [6, 6.07) is 4.03. The number of hydrogen-bond acceptors (Lipinski definition) is 4. The van der Waals surface area contributed by atoms with Crippen molar-refractivity contribution in [1.82, 2.24) is 20.5 Å². The molecule has 2 rings (SSSR count). The third-order valence-corrected chi connectivity index (χ3v) is 4.55. The van der Waals surface area contributed by atoms with Gasteiger partial charge >= 0.3 is 12.0 Å². The van der Waals surface area contributed by atoms with Gasteiger partial charge in [-0.25, -0.2) is 4.79 Å². The third kappa shape index (κ3) is 4.92. The molecule has 0 aromatic carbocycles. The highest BCUT2D eigenvalue weighted by Gasteiger charge is 2.34. The van der Waals surface area contributed by atoms with E-state index in [0.29, 0.717) is 13.1 Å². The van der Waals surface area contributed by atoms with Gasteiger partial charge in [0.05, 0.1) is 18.8 Å².